The number of benzene rings is 2. The zero-order valence-electron chi connectivity index (χ0n) is 8.71. The van der Waals surface area contributed by atoms with Crippen LogP contribution in [0.2, 0.25) is 5.02 Å². The molecule has 0 saturated heterocycles. The van der Waals surface area contributed by atoms with Gasteiger partial charge in [0, 0.05) is 20.6 Å². The van der Waals surface area contributed by atoms with Crippen LogP contribution in [0, 0.1) is 0 Å². The van der Waals surface area contributed by atoms with Crippen molar-refractivity contribution < 1.29 is 4.74 Å². The second kappa shape index (κ2) is 4.89. The third-order valence-corrected chi connectivity index (χ3v) is 3.13. The van der Waals surface area contributed by atoms with Crippen LogP contribution >= 0.6 is 27.5 Å². The summed E-state index contributed by atoms with van der Waals surface area (Å²) >= 11 is 9.60. The maximum absolute atomic E-state index is 6.21. The highest BCUT2D eigenvalue weighted by molar-refractivity contribution is 9.10. The van der Waals surface area contributed by atoms with E-state index < -0.39 is 0 Å². The smallest absolute Gasteiger partial charge is 0.126 e. The molecule has 0 spiro atoms. The van der Waals surface area contributed by atoms with Gasteiger partial charge < -0.3 is 4.74 Å². The van der Waals surface area contributed by atoms with E-state index >= 15 is 0 Å². The Balaban J connectivity index is 2.58. The number of ether oxygens (including phenoxy) is 1. The van der Waals surface area contributed by atoms with Crippen molar-refractivity contribution in [3.8, 4) is 16.9 Å². The lowest BCUT2D eigenvalue weighted by Crippen LogP contribution is -1.87. The van der Waals surface area contributed by atoms with Crippen molar-refractivity contribution in [3.05, 3.63) is 52.0 Å². The van der Waals surface area contributed by atoms with Gasteiger partial charge in [0.2, 0.25) is 0 Å². The molecule has 1 nitrogen and oxygen atoms in total. The highest BCUT2D eigenvalue weighted by Gasteiger charge is 2.08. The van der Waals surface area contributed by atoms with E-state index in [1.54, 1.807) is 7.11 Å². The number of methoxy groups -OCH3 is 1. The number of rotatable bonds is 2. The molecule has 2 aromatic carbocycles. The summed E-state index contributed by atoms with van der Waals surface area (Å²) < 4.78 is 6.28. The summed E-state index contributed by atoms with van der Waals surface area (Å²) in [6.45, 7) is 0. The normalized spacial score (nSPS) is 10.2. The molecule has 0 N–H and O–H groups in total. The summed E-state index contributed by atoms with van der Waals surface area (Å²) in [5.41, 5.74) is 1.98. The number of halogens is 2. The molecule has 0 fully saturated rings. The Morgan fingerprint density at radius 1 is 1.06 bits per heavy atom. The van der Waals surface area contributed by atoms with Gasteiger partial charge >= 0.3 is 0 Å². The molecule has 0 atom stereocenters. The second-order valence-electron chi connectivity index (χ2n) is 3.32. The molecule has 2 aromatic rings. The van der Waals surface area contributed by atoms with Crippen LogP contribution in [-0.4, -0.2) is 7.11 Å². The Morgan fingerprint density at radius 3 is 2.50 bits per heavy atom. The highest BCUT2D eigenvalue weighted by Crippen LogP contribution is 2.35. The Kier molecular flexibility index (Phi) is 3.52. The average Bonchev–Trinajstić information content (AvgIpc) is 2.29. The fourth-order valence-corrected chi connectivity index (χ4v) is 2.35. The second-order valence-corrected chi connectivity index (χ2v) is 4.65. The van der Waals surface area contributed by atoms with E-state index in [1.165, 1.54) is 0 Å². The summed E-state index contributed by atoms with van der Waals surface area (Å²) in [6.07, 6.45) is 0. The van der Waals surface area contributed by atoms with Gasteiger partial charge in [-0.2, -0.15) is 0 Å². The molecule has 16 heavy (non-hydrogen) atoms. The van der Waals surface area contributed by atoms with Gasteiger partial charge in [-0.3, -0.25) is 0 Å². The first-order valence-corrected chi connectivity index (χ1v) is 5.98. The van der Waals surface area contributed by atoms with E-state index in [9.17, 15) is 0 Å². The molecule has 2 rings (SSSR count). The van der Waals surface area contributed by atoms with E-state index in [4.69, 9.17) is 16.3 Å². The van der Waals surface area contributed by atoms with E-state index in [2.05, 4.69) is 15.9 Å². The molecule has 0 unspecified atom stereocenters. The maximum Gasteiger partial charge on any atom is 0.126 e. The number of para-hydroxylation sites is 1. The molecule has 0 aliphatic carbocycles. The van der Waals surface area contributed by atoms with E-state index in [-0.39, 0.29) is 0 Å². The van der Waals surface area contributed by atoms with E-state index in [1.807, 2.05) is 42.5 Å². The molecule has 82 valence electrons. The van der Waals surface area contributed by atoms with Crippen molar-refractivity contribution in [1.82, 2.24) is 0 Å². The summed E-state index contributed by atoms with van der Waals surface area (Å²) in [6, 6.07) is 13.6. The van der Waals surface area contributed by atoms with Crippen molar-refractivity contribution >= 4 is 27.5 Å². The molecule has 0 aromatic heterocycles. The zero-order chi connectivity index (χ0) is 11.5. The molecule has 0 aliphatic heterocycles. The predicted octanol–water partition coefficient (Wildman–Crippen LogP) is 4.78. The third-order valence-electron chi connectivity index (χ3n) is 2.33. The third kappa shape index (κ3) is 2.23. The van der Waals surface area contributed by atoms with Gasteiger partial charge in [-0.25, -0.2) is 0 Å². The topological polar surface area (TPSA) is 9.23 Å². The Morgan fingerprint density at radius 2 is 1.81 bits per heavy atom. The van der Waals surface area contributed by atoms with E-state index in [0.717, 1.165) is 21.3 Å². The summed E-state index contributed by atoms with van der Waals surface area (Å²) in [5, 5.41) is 0.707. The van der Waals surface area contributed by atoms with Crippen LogP contribution in [-0.2, 0) is 0 Å². The SMILES string of the molecule is COc1ccccc1-c1ccc(Br)cc1Cl. The van der Waals surface area contributed by atoms with Gasteiger partial charge in [0.1, 0.15) is 5.75 Å². The van der Waals surface area contributed by atoms with Crippen molar-refractivity contribution in [2.45, 2.75) is 0 Å². The minimum atomic E-state index is 0.707. The van der Waals surface area contributed by atoms with Gasteiger partial charge in [0.05, 0.1) is 7.11 Å². The van der Waals surface area contributed by atoms with Crippen LogP contribution in [0.15, 0.2) is 46.9 Å². The van der Waals surface area contributed by atoms with Crippen LogP contribution in [0.25, 0.3) is 11.1 Å². The number of hydrogen-bond donors (Lipinski definition) is 0. The Bertz CT molecular complexity index is 511. The molecule has 3 heteroatoms. The van der Waals surface area contributed by atoms with Gasteiger partial charge in [-0.1, -0.05) is 51.8 Å². The lowest BCUT2D eigenvalue weighted by Gasteiger charge is -2.09. The Labute approximate surface area is 108 Å². The molecule has 0 bridgehead atoms. The first kappa shape index (κ1) is 11.5. The van der Waals surface area contributed by atoms with Gasteiger partial charge in [0.25, 0.3) is 0 Å². The molecule has 0 heterocycles. The average molecular weight is 298 g/mol. The quantitative estimate of drug-likeness (QED) is 0.775. The molecule has 0 radical (unpaired) electrons. The first-order valence-electron chi connectivity index (χ1n) is 4.81. The monoisotopic (exact) mass is 296 g/mol. The van der Waals surface area contributed by atoms with Gasteiger partial charge in [-0.05, 0) is 18.2 Å². The zero-order valence-corrected chi connectivity index (χ0v) is 11.0. The van der Waals surface area contributed by atoms with Crippen LogP contribution in [0.5, 0.6) is 5.75 Å². The van der Waals surface area contributed by atoms with E-state index in [0.29, 0.717) is 5.02 Å². The largest absolute Gasteiger partial charge is 0.496 e. The molecular formula is C13H10BrClO. The number of hydrogen-bond acceptors (Lipinski definition) is 1. The fraction of sp³-hybridized carbons (Fsp3) is 0.0769. The molecule has 0 amide bonds. The Hall–Kier alpha value is -0.990. The molecule has 0 aliphatic rings. The lowest BCUT2D eigenvalue weighted by molar-refractivity contribution is 0.416. The summed E-state index contributed by atoms with van der Waals surface area (Å²) in [4.78, 5) is 0. The fourth-order valence-electron chi connectivity index (χ4n) is 1.58. The predicted molar refractivity (Wildman–Crippen MR) is 71.1 cm³/mol. The standard InChI is InChI=1S/C13H10BrClO/c1-16-13-5-3-2-4-11(13)10-7-6-9(14)8-12(10)15/h2-8H,1H3. The maximum atomic E-state index is 6.21. The first-order chi connectivity index (χ1) is 7.72. The van der Waals surface area contributed by atoms with Crippen LogP contribution in [0.4, 0.5) is 0 Å². The minimum absolute atomic E-state index is 0.707. The van der Waals surface area contributed by atoms with Crippen molar-refractivity contribution in [3.63, 3.8) is 0 Å². The van der Waals surface area contributed by atoms with Crippen molar-refractivity contribution in [1.29, 1.82) is 0 Å². The van der Waals surface area contributed by atoms with Crippen LogP contribution in [0.3, 0.4) is 0 Å². The molecular weight excluding hydrogens is 287 g/mol. The molecule has 0 saturated carbocycles. The van der Waals surface area contributed by atoms with Crippen LogP contribution in [0.1, 0.15) is 0 Å². The van der Waals surface area contributed by atoms with Gasteiger partial charge in [0.15, 0.2) is 0 Å². The van der Waals surface area contributed by atoms with Crippen molar-refractivity contribution in [2.24, 2.45) is 0 Å². The summed E-state index contributed by atoms with van der Waals surface area (Å²) in [5.74, 6) is 0.826. The lowest BCUT2D eigenvalue weighted by atomic mass is 10.0. The van der Waals surface area contributed by atoms with Crippen molar-refractivity contribution in [2.75, 3.05) is 7.11 Å². The highest BCUT2D eigenvalue weighted by atomic mass is 79.9. The minimum Gasteiger partial charge on any atom is -0.496 e. The van der Waals surface area contributed by atoms with Gasteiger partial charge in [-0.15, -0.1) is 0 Å². The summed E-state index contributed by atoms with van der Waals surface area (Å²) in [7, 11) is 1.66. The van der Waals surface area contributed by atoms with Crippen LogP contribution < -0.4 is 4.74 Å².